The molecule has 4 aliphatic rings. The van der Waals surface area contributed by atoms with Crippen LogP contribution >= 0.6 is 11.9 Å². The molecule has 2 fully saturated rings. The minimum absolute atomic E-state index is 0.0284. The number of hydrogen-bond acceptors (Lipinski definition) is 5. The van der Waals surface area contributed by atoms with Crippen molar-refractivity contribution in [3.63, 3.8) is 0 Å². The molecule has 0 aromatic carbocycles. The van der Waals surface area contributed by atoms with Crippen LogP contribution in [0.1, 0.15) is 51.9 Å². The van der Waals surface area contributed by atoms with Crippen LogP contribution in [0.5, 0.6) is 0 Å². The van der Waals surface area contributed by atoms with Gasteiger partial charge < -0.3 is 9.80 Å². The number of carbonyl (C=O) groups excluding carboxylic acids is 1. The molecule has 0 N–H and O–H groups in total. The Kier molecular flexibility index (Phi) is 8.01. The summed E-state index contributed by atoms with van der Waals surface area (Å²) in [6.07, 6.45) is 19.6. The summed E-state index contributed by atoms with van der Waals surface area (Å²) < 4.78 is 5.01. The summed E-state index contributed by atoms with van der Waals surface area (Å²) in [5.41, 5.74) is 2.26. The lowest BCUT2D eigenvalue weighted by molar-refractivity contribution is -0.117. The van der Waals surface area contributed by atoms with Gasteiger partial charge in [0.2, 0.25) is 0 Å². The van der Waals surface area contributed by atoms with Crippen molar-refractivity contribution in [3.8, 4) is 0 Å². The van der Waals surface area contributed by atoms with Gasteiger partial charge in [-0.2, -0.15) is 0 Å². The van der Waals surface area contributed by atoms with E-state index in [1.54, 1.807) is 11.9 Å². The Hall–Kier alpha value is -1.72. The topological polar surface area (TPSA) is 35.9 Å². The third-order valence-corrected chi connectivity index (χ3v) is 8.52. The maximum atomic E-state index is 12.0. The van der Waals surface area contributed by atoms with E-state index in [0.717, 1.165) is 36.8 Å². The van der Waals surface area contributed by atoms with Gasteiger partial charge in [-0.1, -0.05) is 37.1 Å². The number of ketones is 1. The van der Waals surface area contributed by atoms with Gasteiger partial charge in [0.05, 0.1) is 10.9 Å². The molecule has 5 heteroatoms. The number of allylic oxidation sites excluding steroid dienone is 6. The van der Waals surface area contributed by atoms with Crippen LogP contribution in [0.2, 0.25) is 0 Å². The average molecular weight is 453 g/mol. The highest BCUT2D eigenvalue weighted by Gasteiger charge is 2.34. The third-order valence-electron chi connectivity index (χ3n) is 7.63. The van der Waals surface area contributed by atoms with Crippen molar-refractivity contribution in [1.82, 2.24) is 9.80 Å². The molecule has 0 spiro atoms. The Bertz CT molecular complexity index is 811. The van der Waals surface area contributed by atoms with E-state index < -0.39 is 0 Å². The minimum atomic E-state index is -0.175. The van der Waals surface area contributed by atoms with Crippen LogP contribution in [0.15, 0.2) is 52.0 Å². The molecule has 3 aliphatic heterocycles. The van der Waals surface area contributed by atoms with Crippen LogP contribution in [0.25, 0.3) is 0 Å². The van der Waals surface area contributed by atoms with Gasteiger partial charge in [-0.3, -0.25) is 0 Å². The molecule has 4 rings (SSSR count). The van der Waals surface area contributed by atoms with E-state index >= 15 is 0 Å². The Morgan fingerprint density at radius 3 is 2.59 bits per heavy atom. The van der Waals surface area contributed by atoms with Crippen molar-refractivity contribution >= 4 is 23.4 Å². The quantitative estimate of drug-likeness (QED) is 0.298. The lowest BCUT2D eigenvalue weighted by Gasteiger charge is -2.40. The van der Waals surface area contributed by atoms with E-state index in [4.69, 9.17) is 4.40 Å². The van der Waals surface area contributed by atoms with Crippen molar-refractivity contribution in [2.45, 2.75) is 57.9 Å². The highest BCUT2D eigenvalue weighted by atomic mass is 32.2. The summed E-state index contributed by atoms with van der Waals surface area (Å²) in [6, 6.07) is 0.746. The Balaban J connectivity index is 1.40. The normalized spacial score (nSPS) is 28.9. The fraction of sp³-hybridized carbons (Fsp3) is 0.593. The van der Waals surface area contributed by atoms with Crippen molar-refractivity contribution in [2.75, 3.05) is 26.2 Å². The molecule has 0 bridgehead atoms. The molecular weight excluding hydrogens is 414 g/mol. The van der Waals surface area contributed by atoms with E-state index in [1.165, 1.54) is 56.6 Å². The van der Waals surface area contributed by atoms with Crippen LogP contribution in [0.4, 0.5) is 0 Å². The molecule has 0 saturated carbocycles. The number of nitrogens with zero attached hydrogens (tertiary/aromatic N) is 3. The molecule has 0 aromatic rings. The first-order valence-electron chi connectivity index (χ1n) is 12.4. The van der Waals surface area contributed by atoms with Gasteiger partial charge in [0, 0.05) is 48.6 Å². The summed E-state index contributed by atoms with van der Waals surface area (Å²) in [7, 11) is 0. The zero-order valence-corrected chi connectivity index (χ0v) is 20.4. The van der Waals surface area contributed by atoms with Gasteiger partial charge >= 0.3 is 5.78 Å². The lowest BCUT2D eigenvalue weighted by Crippen LogP contribution is -2.45. The van der Waals surface area contributed by atoms with Crippen LogP contribution in [-0.4, -0.2) is 53.5 Å². The number of hydrogen-bond donors (Lipinski definition) is 0. The maximum Gasteiger partial charge on any atom is 0.310 e. The Labute approximate surface area is 198 Å². The molecule has 0 aromatic heterocycles. The second-order valence-electron chi connectivity index (χ2n) is 9.61. The van der Waals surface area contributed by atoms with Crippen molar-refractivity contribution in [2.24, 2.45) is 22.2 Å². The van der Waals surface area contributed by atoms with E-state index in [9.17, 15) is 4.79 Å². The minimum Gasteiger partial charge on any atom is -0.365 e. The smallest absolute Gasteiger partial charge is 0.310 e. The van der Waals surface area contributed by atoms with Crippen molar-refractivity contribution < 1.29 is 4.79 Å². The monoisotopic (exact) mass is 452 g/mol. The van der Waals surface area contributed by atoms with Crippen LogP contribution in [-0.2, 0) is 4.79 Å². The van der Waals surface area contributed by atoms with Gasteiger partial charge in [-0.25, -0.2) is 9.19 Å². The summed E-state index contributed by atoms with van der Waals surface area (Å²) in [4.78, 5) is 17.3. The number of likely N-dealkylation sites (tertiary alicyclic amines) is 2. The third kappa shape index (κ3) is 5.26. The first kappa shape index (κ1) is 23.4. The number of Topliss-reactive ketones (excluding diaryl/α,β-unsaturated/α-hetero) is 1. The summed E-state index contributed by atoms with van der Waals surface area (Å²) in [5.74, 6) is 0.0650. The van der Waals surface area contributed by atoms with Gasteiger partial charge in [-0.05, 0) is 63.8 Å². The molecule has 0 radical (unpaired) electrons. The fourth-order valence-electron chi connectivity index (χ4n) is 5.56. The van der Waals surface area contributed by atoms with E-state index in [2.05, 4.69) is 47.6 Å². The molecule has 4 nitrogen and oxygen atoms in total. The molecule has 3 heterocycles. The predicted octanol–water partition coefficient (Wildman–Crippen LogP) is 5.61. The first-order valence-corrected chi connectivity index (χ1v) is 13.2. The largest absolute Gasteiger partial charge is 0.365 e. The molecule has 3 unspecified atom stereocenters. The van der Waals surface area contributed by atoms with E-state index in [0.29, 0.717) is 0 Å². The fourth-order valence-corrected chi connectivity index (χ4v) is 6.51. The number of carbonyl (C=O) groups is 1. The van der Waals surface area contributed by atoms with Gasteiger partial charge in [-0.15, -0.1) is 6.58 Å². The van der Waals surface area contributed by atoms with E-state index in [1.807, 2.05) is 13.0 Å². The molecular formula is C27H38N3OS+. The zero-order chi connectivity index (χ0) is 22.5. The standard InChI is InChI=1S/C27H38N3OS/c1-4-22-19-26(30-17-13-23(14-18-30)29-15-9-5-6-10-16-29)32-28-27(22)25-12-8-7-11-24(25)20(2)21(3)31/h4,7-8,11,19-20,22-23,25H,1,3,5-6,9-10,12-18H2,2H3/q+1. The second kappa shape index (κ2) is 10.9. The second-order valence-corrected chi connectivity index (χ2v) is 10.4. The van der Waals surface area contributed by atoms with Crippen molar-refractivity contribution in [1.29, 1.82) is 0 Å². The molecule has 32 heavy (non-hydrogen) atoms. The molecule has 1 aliphatic carbocycles. The summed E-state index contributed by atoms with van der Waals surface area (Å²) in [6.45, 7) is 14.5. The van der Waals surface area contributed by atoms with Gasteiger partial charge in [0.25, 0.3) is 0 Å². The van der Waals surface area contributed by atoms with Gasteiger partial charge in [0.15, 0.2) is 0 Å². The molecule has 172 valence electrons. The predicted molar refractivity (Wildman–Crippen MR) is 136 cm³/mol. The Morgan fingerprint density at radius 1 is 1.22 bits per heavy atom. The average Bonchev–Trinajstić information content (AvgIpc) is 3.13. The molecule has 2 saturated heterocycles. The highest BCUT2D eigenvalue weighted by molar-refractivity contribution is 8.02. The number of rotatable bonds is 6. The van der Waals surface area contributed by atoms with Crippen LogP contribution in [0, 0.1) is 24.7 Å². The summed E-state index contributed by atoms with van der Waals surface area (Å²) >= 11 is 1.61. The molecule has 3 atom stereocenters. The van der Waals surface area contributed by atoms with Crippen LogP contribution < -0.4 is 0 Å². The van der Waals surface area contributed by atoms with Crippen LogP contribution in [0.3, 0.4) is 0 Å². The van der Waals surface area contributed by atoms with E-state index in [-0.39, 0.29) is 23.5 Å². The zero-order valence-electron chi connectivity index (χ0n) is 19.5. The molecule has 0 amide bonds. The van der Waals surface area contributed by atoms with Crippen molar-refractivity contribution in [3.05, 3.63) is 54.5 Å². The lowest BCUT2D eigenvalue weighted by atomic mass is 9.76. The first-order chi connectivity index (χ1) is 15.6. The number of piperidine rings is 1. The SMILES string of the molecule is C=CC1C=C(N2CCC(N3CCCCCC3)CC2)SN=C1C1CC=CC=C1C(C)C([CH2+])=O. The maximum absolute atomic E-state index is 12.0. The summed E-state index contributed by atoms with van der Waals surface area (Å²) in [5, 5.41) is 1.27. The Morgan fingerprint density at radius 2 is 1.94 bits per heavy atom. The highest BCUT2D eigenvalue weighted by Crippen LogP contribution is 2.39. The van der Waals surface area contributed by atoms with Gasteiger partial charge in [0.1, 0.15) is 6.92 Å².